The van der Waals surface area contributed by atoms with Gasteiger partial charge in [0.25, 0.3) is 5.91 Å². The molecule has 0 fully saturated rings. The Morgan fingerprint density at radius 2 is 1.95 bits per heavy atom. The molecule has 0 aromatic heterocycles. The topological polar surface area (TPSA) is 64.3 Å². The van der Waals surface area contributed by atoms with Gasteiger partial charge in [0.15, 0.2) is 0 Å². The molecule has 0 aliphatic heterocycles. The first kappa shape index (κ1) is 15.1. The minimum absolute atomic E-state index is 0.383. The standard InChI is InChI=1S/C17H20N2O2/c1-3-19-11-13-9-8-12(2)16(10-13)21-15-7-5-4-6-14(15)17(18)20/h4-10,19H,3,11H2,1-2H3,(H2,18,20). The number of aryl methyl sites for hydroxylation is 1. The number of carbonyl (C=O) groups is 1. The van der Waals surface area contributed by atoms with E-state index in [-0.39, 0.29) is 0 Å². The van der Waals surface area contributed by atoms with Gasteiger partial charge in [-0.1, -0.05) is 31.2 Å². The van der Waals surface area contributed by atoms with E-state index < -0.39 is 5.91 Å². The second-order valence-electron chi connectivity index (χ2n) is 4.84. The smallest absolute Gasteiger partial charge is 0.252 e. The summed E-state index contributed by atoms with van der Waals surface area (Å²) in [5.74, 6) is 0.722. The zero-order chi connectivity index (χ0) is 15.2. The van der Waals surface area contributed by atoms with Gasteiger partial charge < -0.3 is 15.8 Å². The van der Waals surface area contributed by atoms with E-state index in [4.69, 9.17) is 10.5 Å². The number of nitrogens with two attached hydrogens (primary N) is 1. The summed E-state index contributed by atoms with van der Waals surface area (Å²) in [6.45, 7) is 5.73. The van der Waals surface area contributed by atoms with E-state index in [9.17, 15) is 4.79 Å². The van der Waals surface area contributed by atoms with Crippen molar-refractivity contribution in [3.63, 3.8) is 0 Å². The first-order valence-electron chi connectivity index (χ1n) is 6.98. The summed E-state index contributed by atoms with van der Waals surface area (Å²) in [6, 6.07) is 13.0. The second kappa shape index (κ2) is 6.90. The fourth-order valence-electron chi connectivity index (χ4n) is 2.01. The summed E-state index contributed by atoms with van der Waals surface area (Å²) in [5, 5.41) is 3.28. The number of para-hydroxylation sites is 1. The number of hydrogen-bond donors (Lipinski definition) is 2. The first-order valence-corrected chi connectivity index (χ1v) is 6.98. The van der Waals surface area contributed by atoms with Crippen molar-refractivity contribution in [3.05, 3.63) is 59.2 Å². The van der Waals surface area contributed by atoms with E-state index in [0.29, 0.717) is 11.3 Å². The maximum atomic E-state index is 11.4. The third-order valence-corrected chi connectivity index (χ3v) is 3.20. The molecule has 0 saturated heterocycles. The largest absolute Gasteiger partial charge is 0.456 e. The molecule has 0 aliphatic carbocycles. The van der Waals surface area contributed by atoms with E-state index >= 15 is 0 Å². The summed E-state index contributed by atoms with van der Waals surface area (Å²) in [6.07, 6.45) is 0. The van der Waals surface area contributed by atoms with Crippen molar-refractivity contribution in [2.24, 2.45) is 5.73 Å². The van der Waals surface area contributed by atoms with Gasteiger partial charge in [0.1, 0.15) is 11.5 Å². The maximum Gasteiger partial charge on any atom is 0.252 e. The molecule has 4 heteroatoms. The molecular weight excluding hydrogens is 264 g/mol. The second-order valence-corrected chi connectivity index (χ2v) is 4.84. The molecule has 0 aliphatic rings. The highest BCUT2D eigenvalue weighted by molar-refractivity contribution is 5.95. The van der Waals surface area contributed by atoms with Crippen LogP contribution in [0.25, 0.3) is 0 Å². The van der Waals surface area contributed by atoms with Crippen LogP contribution in [0, 0.1) is 6.92 Å². The number of ether oxygens (including phenoxy) is 1. The molecule has 4 nitrogen and oxygen atoms in total. The highest BCUT2D eigenvalue weighted by Gasteiger charge is 2.10. The Balaban J connectivity index is 2.29. The molecule has 0 heterocycles. The van der Waals surface area contributed by atoms with Crippen LogP contribution >= 0.6 is 0 Å². The summed E-state index contributed by atoms with van der Waals surface area (Å²) in [4.78, 5) is 11.4. The minimum Gasteiger partial charge on any atom is -0.456 e. The van der Waals surface area contributed by atoms with Gasteiger partial charge >= 0.3 is 0 Å². The predicted octanol–water partition coefficient (Wildman–Crippen LogP) is 3.00. The molecule has 0 saturated carbocycles. The Hall–Kier alpha value is -2.33. The predicted molar refractivity (Wildman–Crippen MR) is 83.6 cm³/mol. The van der Waals surface area contributed by atoms with E-state index in [1.165, 1.54) is 0 Å². The molecular formula is C17H20N2O2. The SMILES string of the molecule is CCNCc1ccc(C)c(Oc2ccccc2C(N)=O)c1. The van der Waals surface area contributed by atoms with Crippen LogP contribution in [-0.2, 0) is 6.54 Å². The fourth-order valence-corrected chi connectivity index (χ4v) is 2.01. The van der Waals surface area contributed by atoms with E-state index in [1.54, 1.807) is 18.2 Å². The van der Waals surface area contributed by atoms with Crippen molar-refractivity contribution in [3.8, 4) is 11.5 Å². The van der Waals surface area contributed by atoms with Crippen LogP contribution in [0.15, 0.2) is 42.5 Å². The van der Waals surface area contributed by atoms with Gasteiger partial charge in [0.2, 0.25) is 0 Å². The lowest BCUT2D eigenvalue weighted by Gasteiger charge is -2.13. The zero-order valence-electron chi connectivity index (χ0n) is 12.3. The molecule has 110 valence electrons. The molecule has 0 radical (unpaired) electrons. The molecule has 0 atom stereocenters. The molecule has 2 aromatic rings. The fraction of sp³-hybridized carbons (Fsp3) is 0.235. The monoisotopic (exact) mass is 284 g/mol. The zero-order valence-corrected chi connectivity index (χ0v) is 12.3. The van der Waals surface area contributed by atoms with E-state index in [1.807, 2.05) is 25.1 Å². The normalized spacial score (nSPS) is 10.4. The highest BCUT2D eigenvalue weighted by atomic mass is 16.5. The lowest BCUT2D eigenvalue weighted by molar-refractivity contribution is 0.0998. The number of rotatable bonds is 6. The van der Waals surface area contributed by atoms with Gasteiger partial charge in [-0.15, -0.1) is 0 Å². The Labute approximate surface area is 124 Å². The Morgan fingerprint density at radius 1 is 1.19 bits per heavy atom. The molecule has 1 amide bonds. The van der Waals surface area contributed by atoms with Gasteiger partial charge in [0.05, 0.1) is 5.56 Å². The van der Waals surface area contributed by atoms with Gasteiger partial charge in [-0.25, -0.2) is 0 Å². The third kappa shape index (κ3) is 3.83. The molecule has 2 rings (SSSR count). The number of hydrogen-bond acceptors (Lipinski definition) is 3. The summed E-state index contributed by atoms with van der Waals surface area (Å²) >= 11 is 0. The van der Waals surface area contributed by atoms with E-state index in [2.05, 4.69) is 18.3 Å². The number of carbonyl (C=O) groups excluding carboxylic acids is 1. The van der Waals surface area contributed by atoms with Crippen LogP contribution in [0.5, 0.6) is 11.5 Å². The molecule has 21 heavy (non-hydrogen) atoms. The quantitative estimate of drug-likeness (QED) is 0.857. The van der Waals surface area contributed by atoms with Crippen molar-refractivity contribution < 1.29 is 9.53 Å². The first-order chi connectivity index (χ1) is 10.1. The Morgan fingerprint density at radius 3 is 2.67 bits per heavy atom. The average Bonchev–Trinajstić information content (AvgIpc) is 2.48. The summed E-state index contributed by atoms with van der Waals surface area (Å²) in [5.41, 5.74) is 7.90. The van der Waals surface area contributed by atoms with Gasteiger partial charge in [-0.3, -0.25) is 4.79 Å². The van der Waals surface area contributed by atoms with Crippen molar-refractivity contribution in [1.82, 2.24) is 5.32 Å². The van der Waals surface area contributed by atoms with Crippen LogP contribution in [0.2, 0.25) is 0 Å². The minimum atomic E-state index is -0.493. The van der Waals surface area contributed by atoms with Crippen molar-refractivity contribution in [2.75, 3.05) is 6.54 Å². The molecule has 0 bridgehead atoms. The van der Waals surface area contributed by atoms with Crippen molar-refractivity contribution >= 4 is 5.91 Å². The van der Waals surface area contributed by atoms with Gasteiger partial charge in [-0.05, 0) is 42.8 Å². The van der Waals surface area contributed by atoms with Crippen LogP contribution in [0.4, 0.5) is 0 Å². The average molecular weight is 284 g/mol. The Kier molecular flexibility index (Phi) is 4.95. The van der Waals surface area contributed by atoms with Crippen molar-refractivity contribution in [2.45, 2.75) is 20.4 Å². The number of amides is 1. The lowest BCUT2D eigenvalue weighted by Crippen LogP contribution is -2.12. The molecule has 0 unspecified atom stereocenters. The summed E-state index contributed by atoms with van der Waals surface area (Å²) < 4.78 is 5.89. The number of primary amides is 1. The van der Waals surface area contributed by atoms with Crippen LogP contribution in [0.3, 0.4) is 0 Å². The van der Waals surface area contributed by atoms with Crippen LogP contribution in [0.1, 0.15) is 28.4 Å². The van der Waals surface area contributed by atoms with Gasteiger partial charge in [0, 0.05) is 6.54 Å². The number of nitrogens with one attached hydrogen (secondary N) is 1. The molecule has 0 spiro atoms. The highest BCUT2D eigenvalue weighted by Crippen LogP contribution is 2.28. The Bertz CT molecular complexity index is 638. The van der Waals surface area contributed by atoms with E-state index in [0.717, 1.165) is 30.0 Å². The summed E-state index contributed by atoms with van der Waals surface area (Å²) in [7, 11) is 0. The third-order valence-electron chi connectivity index (χ3n) is 3.20. The van der Waals surface area contributed by atoms with Gasteiger partial charge in [-0.2, -0.15) is 0 Å². The van der Waals surface area contributed by atoms with Crippen LogP contribution < -0.4 is 15.8 Å². The van der Waals surface area contributed by atoms with Crippen LogP contribution in [-0.4, -0.2) is 12.5 Å². The maximum absolute atomic E-state index is 11.4. The van der Waals surface area contributed by atoms with Crippen molar-refractivity contribution in [1.29, 1.82) is 0 Å². The molecule has 2 aromatic carbocycles. The number of benzene rings is 2. The lowest BCUT2D eigenvalue weighted by atomic mass is 10.1. The molecule has 3 N–H and O–H groups in total.